The van der Waals surface area contributed by atoms with Crippen LogP contribution < -0.4 is 10.5 Å². The lowest BCUT2D eigenvalue weighted by Gasteiger charge is -2.26. The fraction of sp³-hybridized carbons (Fsp3) is 0.667. The summed E-state index contributed by atoms with van der Waals surface area (Å²) in [6, 6.07) is 3.73. The Morgan fingerprint density at radius 1 is 1.38 bits per heavy atom. The average Bonchev–Trinajstić information content (AvgIpc) is 2.30. The van der Waals surface area contributed by atoms with Crippen LogP contribution in [0.3, 0.4) is 0 Å². The van der Waals surface area contributed by atoms with Gasteiger partial charge in [0.15, 0.2) is 0 Å². The van der Waals surface area contributed by atoms with Crippen LogP contribution in [0.4, 0.5) is 0 Å². The summed E-state index contributed by atoms with van der Waals surface area (Å²) in [6.07, 6.45) is 5.13. The van der Waals surface area contributed by atoms with E-state index in [2.05, 4.69) is 17.1 Å². The molecule has 1 saturated carbocycles. The molecule has 1 heterocycles. The maximum atomic E-state index is 5.81. The molecule has 0 amide bonds. The second-order valence-electron chi connectivity index (χ2n) is 4.58. The number of rotatable bonds is 3. The number of ether oxygens (including phenoxy) is 1. The molecule has 2 unspecified atom stereocenters. The van der Waals surface area contributed by atoms with Crippen LogP contribution in [-0.2, 0) is 6.54 Å². The highest BCUT2D eigenvalue weighted by Gasteiger charge is 2.20. The topological polar surface area (TPSA) is 61.0 Å². The van der Waals surface area contributed by atoms with Crippen molar-refractivity contribution in [1.29, 1.82) is 0 Å². The van der Waals surface area contributed by atoms with Crippen LogP contribution in [0, 0.1) is 5.92 Å². The van der Waals surface area contributed by atoms with Crippen LogP contribution in [0.25, 0.3) is 0 Å². The molecule has 88 valence electrons. The predicted octanol–water partition coefficient (Wildman–Crippen LogP) is 1.89. The first kappa shape index (κ1) is 11.3. The first-order valence-corrected chi connectivity index (χ1v) is 5.97. The van der Waals surface area contributed by atoms with Crippen molar-refractivity contribution >= 4 is 0 Å². The molecular weight excluding hydrogens is 202 g/mol. The molecule has 1 aliphatic rings. The molecule has 4 heteroatoms. The summed E-state index contributed by atoms with van der Waals surface area (Å²) in [6.45, 7) is 2.70. The SMILES string of the molecule is CC1CCCC(Oc2ccc(CN)nn2)C1. The van der Waals surface area contributed by atoms with Gasteiger partial charge in [0.25, 0.3) is 0 Å². The third kappa shape index (κ3) is 2.92. The van der Waals surface area contributed by atoms with Gasteiger partial charge in [-0.05, 0) is 31.2 Å². The maximum Gasteiger partial charge on any atom is 0.233 e. The van der Waals surface area contributed by atoms with Crippen LogP contribution in [0.1, 0.15) is 38.3 Å². The Morgan fingerprint density at radius 2 is 2.25 bits per heavy atom. The van der Waals surface area contributed by atoms with Crippen molar-refractivity contribution < 1.29 is 4.74 Å². The van der Waals surface area contributed by atoms with Crippen LogP contribution >= 0.6 is 0 Å². The molecule has 2 rings (SSSR count). The van der Waals surface area contributed by atoms with Crippen molar-refractivity contribution in [3.63, 3.8) is 0 Å². The minimum atomic E-state index is 0.307. The van der Waals surface area contributed by atoms with Crippen molar-refractivity contribution in [2.75, 3.05) is 0 Å². The second-order valence-corrected chi connectivity index (χ2v) is 4.58. The van der Waals surface area contributed by atoms with Gasteiger partial charge >= 0.3 is 0 Å². The fourth-order valence-electron chi connectivity index (χ4n) is 2.18. The van der Waals surface area contributed by atoms with Crippen LogP contribution in [0.15, 0.2) is 12.1 Å². The van der Waals surface area contributed by atoms with E-state index in [4.69, 9.17) is 10.5 Å². The molecule has 0 aromatic carbocycles. The van der Waals surface area contributed by atoms with E-state index in [0.29, 0.717) is 18.5 Å². The normalized spacial score (nSPS) is 25.4. The maximum absolute atomic E-state index is 5.81. The Labute approximate surface area is 96.2 Å². The van der Waals surface area contributed by atoms with Gasteiger partial charge in [0.05, 0.1) is 5.69 Å². The van der Waals surface area contributed by atoms with E-state index >= 15 is 0 Å². The molecule has 0 bridgehead atoms. The minimum Gasteiger partial charge on any atom is -0.473 e. The number of nitrogens with two attached hydrogens (primary N) is 1. The fourth-order valence-corrected chi connectivity index (χ4v) is 2.18. The molecule has 0 radical (unpaired) electrons. The highest BCUT2D eigenvalue weighted by Crippen LogP contribution is 2.26. The van der Waals surface area contributed by atoms with Crippen LogP contribution in [-0.4, -0.2) is 16.3 Å². The zero-order chi connectivity index (χ0) is 11.4. The summed E-state index contributed by atoms with van der Waals surface area (Å²) in [5.74, 6) is 1.38. The summed E-state index contributed by atoms with van der Waals surface area (Å²) in [5.41, 5.74) is 6.25. The summed E-state index contributed by atoms with van der Waals surface area (Å²) < 4.78 is 5.81. The first-order valence-electron chi connectivity index (χ1n) is 5.97. The Morgan fingerprint density at radius 3 is 2.88 bits per heavy atom. The molecule has 0 spiro atoms. The predicted molar refractivity (Wildman–Crippen MR) is 62.0 cm³/mol. The van der Waals surface area contributed by atoms with Gasteiger partial charge in [-0.1, -0.05) is 13.3 Å². The standard InChI is InChI=1S/C12H19N3O/c1-9-3-2-4-11(7-9)16-12-6-5-10(8-13)14-15-12/h5-6,9,11H,2-4,7-8,13H2,1H3. The molecule has 1 aromatic rings. The van der Waals surface area contributed by atoms with Crippen LogP contribution in [0.5, 0.6) is 5.88 Å². The van der Waals surface area contributed by atoms with Gasteiger partial charge in [0.1, 0.15) is 6.10 Å². The second kappa shape index (κ2) is 5.25. The Kier molecular flexibility index (Phi) is 3.72. The van der Waals surface area contributed by atoms with Gasteiger partial charge in [-0.3, -0.25) is 0 Å². The average molecular weight is 221 g/mol. The van der Waals surface area contributed by atoms with Crippen molar-refractivity contribution in [2.24, 2.45) is 11.7 Å². The van der Waals surface area contributed by atoms with E-state index in [1.54, 1.807) is 0 Å². The zero-order valence-corrected chi connectivity index (χ0v) is 9.72. The summed E-state index contributed by atoms with van der Waals surface area (Å²) in [4.78, 5) is 0. The molecule has 0 saturated heterocycles. The largest absolute Gasteiger partial charge is 0.473 e. The lowest BCUT2D eigenvalue weighted by atomic mass is 9.89. The molecular formula is C12H19N3O. The Bertz CT molecular complexity index is 326. The van der Waals surface area contributed by atoms with Gasteiger partial charge in [0, 0.05) is 12.6 Å². The molecule has 16 heavy (non-hydrogen) atoms. The third-order valence-electron chi connectivity index (χ3n) is 3.08. The highest BCUT2D eigenvalue weighted by molar-refractivity contribution is 5.11. The van der Waals surface area contributed by atoms with E-state index in [1.165, 1.54) is 12.8 Å². The molecule has 1 aromatic heterocycles. The van der Waals surface area contributed by atoms with Gasteiger partial charge in [-0.2, -0.15) is 5.10 Å². The summed E-state index contributed by atoms with van der Waals surface area (Å²) in [7, 11) is 0. The van der Waals surface area contributed by atoms with Gasteiger partial charge in [0.2, 0.25) is 5.88 Å². The van der Waals surface area contributed by atoms with Crippen LogP contribution in [0.2, 0.25) is 0 Å². The number of hydrogen-bond donors (Lipinski definition) is 1. The van der Waals surface area contributed by atoms with E-state index in [0.717, 1.165) is 24.5 Å². The molecule has 0 aliphatic heterocycles. The van der Waals surface area contributed by atoms with E-state index in [9.17, 15) is 0 Å². The molecule has 4 nitrogen and oxygen atoms in total. The van der Waals surface area contributed by atoms with Gasteiger partial charge in [-0.25, -0.2) is 0 Å². The number of nitrogens with zero attached hydrogens (tertiary/aromatic N) is 2. The van der Waals surface area contributed by atoms with E-state index < -0.39 is 0 Å². The van der Waals surface area contributed by atoms with Crippen molar-refractivity contribution in [3.8, 4) is 5.88 Å². The monoisotopic (exact) mass is 221 g/mol. The van der Waals surface area contributed by atoms with Gasteiger partial charge < -0.3 is 10.5 Å². The first-order chi connectivity index (χ1) is 7.78. The lowest BCUT2D eigenvalue weighted by molar-refractivity contribution is 0.122. The van der Waals surface area contributed by atoms with Crippen molar-refractivity contribution in [1.82, 2.24) is 10.2 Å². The minimum absolute atomic E-state index is 0.307. The van der Waals surface area contributed by atoms with E-state index in [1.807, 2.05) is 12.1 Å². The third-order valence-corrected chi connectivity index (χ3v) is 3.08. The van der Waals surface area contributed by atoms with Crippen molar-refractivity contribution in [2.45, 2.75) is 45.3 Å². The summed E-state index contributed by atoms with van der Waals surface area (Å²) >= 11 is 0. The Balaban J connectivity index is 1.92. The number of aromatic nitrogens is 2. The molecule has 1 fully saturated rings. The zero-order valence-electron chi connectivity index (χ0n) is 9.72. The lowest BCUT2D eigenvalue weighted by Crippen LogP contribution is -2.24. The van der Waals surface area contributed by atoms with Gasteiger partial charge in [-0.15, -0.1) is 5.10 Å². The smallest absolute Gasteiger partial charge is 0.233 e. The highest BCUT2D eigenvalue weighted by atomic mass is 16.5. The molecule has 2 atom stereocenters. The van der Waals surface area contributed by atoms with E-state index in [-0.39, 0.29) is 0 Å². The van der Waals surface area contributed by atoms with Crippen molar-refractivity contribution in [3.05, 3.63) is 17.8 Å². The number of hydrogen-bond acceptors (Lipinski definition) is 4. The molecule has 2 N–H and O–H groups in total. The quantitative estimate of drug-likeness (QED) is 0.846. The molecule has 1 aliphatic carbocycles. The Hall–Kier alpha value is -1.16. The summed E-state index contributed by atoms with van der Waals surface area (Å²) in [5, 5.41) is 8.00.